The van der Waals surface area contributed by atoms with E-state index in [1.807, 2.05) is 0 Å². The molecule has 162 valence electrons. The summed E-state index contributed by atoms with van der Waals surface area (Å²) < 4.78 is 0. The van der Waals surface area contributed by atoms with Gasteiger partial charge in [-0.05, 0) is 32.4 Å². The molecule has 3 nitrogen and oxygen atoms in total. The summed E-state index contributed by atoms with van der Waals surface area (Å²) in [7, 11) is 0. The summed E-state index contributed by atoms with van der Waals surface area (Å²) in [5, 5.41) is 12.0. The molecule has 0 saturated carbocycles. The van der Waals surface area contributed by atoms with Crippen LogP contribution in [0.3, 0.4) is 0 Å². The highest BCUT2D eigenvalue weighted by atomic mass is 16.4. The maximum atomic E-state index is 10.4. The fourth-order valence-electron chi connectivity index (χ4n) is 3.63. The Hall–Kier alpha value is -0.570. The molecule has 0 heterocycles. The van der Waals surface area contributed by atoms with Crippen LogP contribution in [-0.2, 0) is 4.79 Å². The molecular weight excluding hydrogens is 334 g/mol. The van der Waals surface area contributed by atoms with Crippen molar-refractivity contribution >= 4 is 5.97 Å². The predicted octanol–water partition coefficient (Wildman–Crippen LogP) is 7.48. The van der Waals surface area contributed by atoms with Gasteiger partial charge in [0.15, 0.2) is 0 Å². The molecule has 0 radical (unpaired) electrons. The van der Waals surface area contributed by atoms with Gasteiger partial charge >= 0.3 is 5.97 Å². The van der Waals surface area contributed by atoms with Crippen molar-refractivity contribution in [1.82, 2.24) is 5.32 Å². The van der Waals surface area contributed by atoms with Gasteiger partial charge in [-0.15, -0.1) is 0 Å². The highest BCUT2D eigenvalue weighted by molar-refractivity contribution is 5.66. The average Bonchev–Trinajstić information content (AvgIpc) is 2.65. The van der Waals surface area contributed by atoms with Crippen LogP contribution in [0, 0.1) is 0 Å². The van der Waals surface area contributed by atoms with Gasteiger partial charge in [-0.1, -0.05) is 110 Å². The van der Waals surface area contributed by atoms with Gasteiger partial charge in [-0.3, -0.25) is 4.79 Å². The Kier molecular flexibility index (Phi) is 23.0. The van der Waals surface area contributed by atoms with Crippen LogP contribution >= 0.6 is 0 Å². The zero-order valence-electron chi connectivity index (χ0n) is 18.4. The maximum absolute atomic E-state index is 10.4. The van der Waals surface area contributed by atoms with Crippen molar-refractivity contribution in [3.63, 3.8) is 0 Å². The second-order valence-corrected chi connectivity index (χ2v) is 8.26. The molecular formula is C24H49NO2. The van der Waals surface area contributed by atoms with Gasteiger partial charge in [0.1, 0.15) is 0 Å². The standard InChI is InChI=1S/C24H49NO2/c1-2-3-4-5-6-7-8-9-10-11-12-13-14-15-16-17-19-22-25-23-20-18-21-24(26)27/h25H,2-23H2,1H3,(H,26,27). The van der Waals surface area contributed by atoms with E-state index in [4.69, 9.17) is 5.11 Å². The van der Waals surface area contributed by atoms with Crippen LogP contribution in [0.5, 0.6) is 0 Å². The number of carbonyl (C=O) groups is 1. The van der Waals surface area contributed by atoms with Crippen molar-refractivity contribution in [2.75, 3.05) is 13.1 Å². The molecule has 0 rings (SSSR count). The first-order valence-electron chi connectivity index (χ1n) is 12.2. The van der Waals surface area contributed by atoms with Crippen LogP contribution < -0.4 is 5.32 Å². The van der Waals surface area contributed by atoms with Gasteiger partial charge < -0.3 is 10.4 Å². The Morgan fingerprint density at radius 3 is 1.26 bits per heavy atom. The Labute approximate surface area is 170 Å². The van der Waals surface area contributed by atoms with Crippen molar-refractivity contribution in [2.24, 2.45) is 0 Å². The molecule has 27 heavy (non-hydrogen) atoms. The van der Waals surface area contributed by atoms with Gasteiger partial charge in [0, 0.05) is 6.42 Å². The SMILES string of the molecule is CCCCCCCCCCCCCCCCCCCNCCCCC(=O)O. The first kappa shape index (κ1) is 26.4. The average molecular weight is 384 g/mol. The number of aliphatic carboxylic acids is 1. The van der Waals surface area contributed by atoms with E-state index in [-0.39, 0.29) is 0 Å². The van der Waals surface area contributed by atoms with E-state index in [0.717, 1.165) is 25.9 Å². The van der Waals surface area contributed by atoms with Gasteiger partial charge in [0.05, 0.1) is 0 Å². The summed E-state index contributed by atoms with van der Waals surface area (Å²) in [5.74, 6) is -0.678. The number of carboxylic acid groups (broad SMARTS) is 1. The molecule has 0 aliphatic heterocycles. The minimum absolute atomic E-state index is 0.306. The molecule has 0 fully saturated rings. The lowest BCUT2D eigenvalue weighted by Crippen LogP contribution is -2.16. The topological polar surface area (TPSA) is 49.3 Å². The minimum Gasteiger partial charge on any atom is -0.481 e. The summed E-state index contributed by atoms with van der Waals surface area (Å²) >= 11 is 0. The van der Waals surface area contributed by atoms with E-state index in [2.05, 4.69) is 12.2 Å². The fourth-order valence-corrected chi connectivity index (χ4v) is 3.63. The first-order chi connectivity index (χ1) is 13.3. The molecule has 0 aromatic heterocycles. The molecule has 0 bridgehead atoms. The molecule has 0 atom stereocenters. The molecule has 0 saturated heterocycles. The van der Waals surface area contributed by atoms with E-state index in [1.54, 1.807) is 0 Å². The largest absolute Gasteiger partial charge is 0.481 e. The third-order valence-corrected chi connectivity index (χ3v) is 5.45. The van der Waals surface area contributed by atoms with E-state index < -0.39 is 5.97 Å². The van der Waals surface area contributed by atoms with Gasteiger partial charge in [0.25, 0.3) is 0 Å². The van der Waals surface area contributed by atoms with E-state index in [0.29, 0.717) is 6.42 Å². The Morgan fingerprint density at radius 1 is 0.556 bits per heavy atom. The van der Waals surface area contributed by atoms with Crippen LogP contribution in [0.4, 0.5) is 0 Å². The molecule has 0 unspecified atom stereocenters. The molecule has 0 aromatic rings. The monoisotopic (exact) mass is 383 g/mol. The van der Waals surface area contributed by atoms with Crippen LogP contribution in [0.1, 0.15) is 135 Å². The highest BCUT2D eigenvalue weighted by Crippen LogP contribution is 2.13. The zero-order valence-corrected chi connectivity index (χ0v) is 18.4. The van der Waals surface area contributed by atoms with Crippen molar-refractivity contribution in [2.45, 2.75) is 135 Å². The minimum atomic E-state index is -0.678. The van der Waals surface area contributed by atoms with Crippen molar-refractivity contribution < 1.29 is 9.90 Å². The molecule has 0 amide bonds. The third kappa shape index (κ3) is 25.4. The molecule has 3 heteroatoms. The number of nitrogens with one attached hydrogen (secondary N) is 1. The molecule has 0 aromatic carbocycles. The smallest absolute Gasteiger partial charge is 0.303 e. The molecule has 0 aliphatic rings. The normalized spacial score (nSPS) is 11.1. The van der Waals surface area contributed by atoms with E-state index in [9.17, 15) is 4.79 Å². The van der Waals surface area contributed by atoms with Crippen molar-refractivity contribution in [3.8, 4) is 0 Å². The van der Waals surface area contributed by atoms with Gasteiger partial charge in [-0.2, -0.15) is 0 Å². The molecule has 0 aliphatic carbocycles. The van der Waals surface area contributed by atoms with Crippen molar-refractivity contribution in [1.29, 1.82) is 0 Å². The summed E-state index contributed by atoms with van der Waals surface area (Å²) in [4.78, 5) is 10.4. The maximum Gasteiger partial charge on any atom is 0.303 e. The van der Waals surface area contributed by atoms with Crippen LogP contribution in [0.2, 0.25) is 0 Å². The second kappa shape index (κ2) is 23.5. The van der Waals surface area contributed by atoms with Crippen molar-refractivity contribution in [3.05, 3.63) is 0 Å². The van der Waals surface area contributed by atoms with Gasteiger partial charge in [0.2, 0.25) is 0 Å². The predicted molar refractivity (Wildman–Crippen MR) is 119 cm³/mol. The molecule has 2 N–H and O–H groups in total. The number of unbranched alkanes of at least 4 members (excludes halogenated alkanes) is 17. The van der Waals surface area contributed by atoms with Gasteiger partial charge in [-0.25, -0.2) is 0 Å². The van der Waals surface area contributed by atoms with E-state index in [1.165, 1.54) is 109 Å². The summed E-state index contributed by atoms with van der Waals surface area (Å²) in [6.07, 6.45) is 26.1. The summed E-state index contributed by atoms with van der Waals surface area (Å²) in [6, 6.07) is 0. The Morgan fingerprint density at radius 2 is 0.889 bits per heavy atom. The number of carboxylic acids is 1. The number of hydrogen-bond donors (Lipinski definition) is 2. The van der Waals surface area contributed by atoms with E-state index >= 15 is 0 Å². The lowest BCUT2D eigenvalue weighted by Gasteiger charge is -2.05. The van der Waals surface area contributed by atoms with Crippen LogP contribution in [0.15, 0.2) is 0 Å². The lowest BCUT2D eigenvalue weighted by molar-refractivity contribution is -0.137. The van der Waals surface area contributed by atoms with Crippen LogP contribution in [-0.4, -0.2) is 24.2 Å². The highest BCUT2D eigenvalue weighted by Gasteiger charge is 1.97. The number of hydrogen-bond acceptors (Lipinski definition) is 2. The Balaban J connectivity index is 2.98. The summed E-state index contributed by atoms with van der Waals surface area (Å²) in [6.45, 7) is 4.34. The molecule has 0 spiro atoms. The van der Waals surface area contributed by atoms with Crippen LogP contribution in [0.25, 0.3) is 0 Å². The quantitative estimate of drug-likeness (QED) is 0.180. The number of rotatable bonds is 23. The first-order valence-corrected chi connectivity index (χ1v) is 12.2. The summed E-state index contributed by atoms with van der Waals surface area (Å²) in [5.41, 5.74) is 0. The zero-order chi connectivity index (χ0) is 19.8. The lowest BCUT2D eigenvalue weighted by atomic mass is 10.0. The fraction of sp³-hybridized carbons (Fsp3) is 0.958. The second-order valence-electron chi connectivity index (χ2n) is 8.26. The third-order valence-electron chi connectivity index (χ3n) is 5.45. The Bertz CT molecular complexity index is 294.